The van der Waals surface area contributed by atoms with Gasteiger partial charge in [0.2, 0.25) is 0 Å². The largest absolute Gasteiger partial charge is 0.296 e. The fraction of sp³-hybridized carbons (Fsp3) is 0.444. The highest BCUT2D eigenvalue weighted by Crippen LogP contribution is 2.25. The molecule has 0 aliphatic heterocycles. The van der Waals surface area contributed by atoms with Crippen molar-refractivity contribution in [2.75, 3.05) is 0 Å². The molecule has 1 rings (SSSR count). The number of hydrogen-bond donors (Lipinski definition) is 1. The maximum absolute atomic E-state index is 8.91. The Hall–Kier alpha value is -0.370. The summed E-state index contributed by atoms with van der Waals surface area (Å²) in [5.74, 6) is 0. The number of hydrogen-bond acceptors (Lipinski definition) is 3. The minimum atomic E-state index is -0.192. The Bertz CT molecular complexity index is 314. The smallest absolute Gasteiger partial charge is 0.122 e. The SMILES string of the molecule is CC(C)NC(C#N)c1csc(Br)c1. The quantitative estimate of drug-likeness (QED) is 0.905. The minimum Gasteiger partial charge on any atom is -0.296 e. The van der Waals surface area contributed by atoms with Gasteiger partial charge in [-0.15, -0.1) is 11.3 Å². The average molecular weight is 259 g/mol. The molecule has 0 aromatic carbocycles. The van der Waals surface area contributed by atoms with Gasteiger partial charge >= 0.3 is 0 Å². The van der Waals surface area contributed by atoms with E-state index >= 15 is 0 Å². The second-order valence-electron chi connectivity index (χ2n) is 3.07. The molecule has 0 aliphatic rings. The number of halogens is 1. The first-order chi connectivity index (χ1) is 6.13. The van der Waals surface area contributed by atoms with E-state index in [9.17, 15) is 0 Å². The third kappa shape index (κ3) is 3.11. The lowest BCUT2D eigenvalue weighted by Gasteiger charge is -2.12. The van der Waals surface area contributed by atoms with E-state index in [4.69, 9.17) is 5.26 Å². The summed E-state index contributed by atoms with van der Waals surface area (Å²) in [4.78, 5) is 0. The van der Waals surface area contributed by atoms with Gasteiger partial charge in [-0.1, -0.05) is 0 Å². The van der Waals surface area contributed by atoms with E-state index in [1.165, 1.54) is 0 Å². The Morgan fingerprint density at radius 3 is 2.69 bits per heavy atom. The van der Waals surface area contributed by atoms with Crippen LogP contribution in [0.25, 0.3) is 0 Å². The number of thiophene rings is 1. The van der Waals surface area contributed by atoms with Crippen molar-refractivity contribution < 1.29 is 0 Å². The standard InChI is InChI=1S/C9H11BrN2S/c1-6(2)12-8(4-11)7-3-9(10)13-5-7/h3,5-6,8,12H,1-2H3. The van der Waals surface area contributed by atoms with Gasteiger partial charge in [-0.3, -0.25) is 5.32 Å². The maximum Gasteiger partial charge on any atom is 0.122 e. The first kappa shape index (κ1) is 10.7. The van der Waals surface area contributed by atoms with Crippen LogP contribution in [0.15, 0.2) is 15.2 Å². The van der Waals surface area contributed by atoms with Crippen LogP contribution in [-0.2, 0) is 0 Å². The van der Waals surface area contributed by atoms with E-state index < -0.39 is 0 Å². The molecule has 0 saturated heterocycles. The van der Waals surface area contributed by atoms with E-state index in [0.29, 0.717) is 6.04 Å². The molecule has 2 nitrogen and oxygen atoms in total. The number of nitrogens with one attached hydrogen (secondary N) is 1. The molecule has 1 unspecified atom stereocenters. The Morgan fingerprint density at radius 1 is 1.62 bits per heavy atom. The van der Waals surface area contributed by atoms with Crippen molar-refractivity contribution in [2.24, 2.45) is 0 Å². The van der Waals surface area contributed by atoms with Gasteiger partial charge in [0.15, 0.2) is 0 Å². The molecule has 0 spiro atoms. The van der Waals surface area contributed by atoms with E-state index in [0.717, 1.165) is 9.35 Å². The summed E-state index contributed by atoms with van der Waals surface area (Å²) < 4.78 is 1.06. The molecule has 4 heteroatoms. The summed E-state index contributed by atoms with van der Waals surface area (Å²) in [7, 11) is 0. The van der Waals surface area contributed by atoms with Gasteiger partial charge in [0.05, 0.1) is 9.86 Å². The topological polar surface area (TPSA) is 35.8 Å². The van der Waals surface area contributed by atoms with Crippen LogP contribution in [-0.4, -0.2) is 6.04 Å². The van der Waals surface area contributed by atoms with Gasteiger partial charge < -0.3 is 0 Å². The van der Waals surface area contributed by atoms with Gasteiger partial charge in [-0.25, -0.2) is 0 Å². The van der Waals surface area contributed by atoms with Crippen molar-refractivity contribution in [3.63, 3.8) is 0 Å². The fourth-order valence-electron chi connectivity index (χ4n) is 1.02. The van der Waals surface area contributed by atoms with Crippen molar-refractivity contribution >= 4 is 27.3 Å². The number of nitriles is 1. The maximum atomic E-state index is 8.91. The first-order valence-corrected chi connectivity index (χ1v) is 5.70. The Balaban J connectivity index is 2.74. The monoisotopic (exact) mass is 258 g/mol. The van der Waals surface area contributed by atoms with Crippen molar-refractivity contribution in [3.8, 4) is 6.07 Å². The zero-order valence-corrected chi connectivity index (χ0v) is 9.95. The zero-order valence-electron chi connectivity index (χ0n) is 7.54. The molecule has 70 valence electrons. The number of nitrogens with zero attached hydrogens (tertiary/aromatic N) is 1. The minimum absolute atomic E-state index is 0.192. The van der Waals surface area contributed by atoms with Crippen LogP contribution in [0.1, 0.15) is 25.5 Å². The van der Waals surface area contributed by atoms with Crippen LogP contribution in [0.5, 0.6) is 0 Å². The van der Waals surface area contributed by atoms with Crippen LogP contribution in [0.4, 0.5) is 0 Å². The average Bonchev–Trinajstić information content (AvgIpc) is 2.47. The molecular weight excluding hydrogens is 248 g/mol. The summed E-state index contributed by atoms with van der Waals surface area (Å²) in [6.45, 7) is 4.07. The normalized spacial score (nSPS) is 12.8. The van der Waals surface area contributed by atoms with E-state index in [1.54, 1.807) is 11.3 Å². The zero-order chi connectivity index (χ0) is 9.84. The van der Waals surface area contributed by atoms with Gasteiger partial charge in [0.25, 0.3) is 0 Å². The molecule has 1 N–H and O–H groups in total. The van der Waals surface area contributed by atoms with Gasteiger partial charge in [-0.2, -0.15) is 5.26 Å². The van der Waals surface area contributed by atoms with Crippen molar-refractivity contribution in [1.29, 1.82) is 5.26 Å². The molecule has 0 amide bonds. The second-order valence-corrected chi connectivity index (χ2v) is 5.36. The predicted molar refractivity (Wildman–Crippen MR) is 58.6 cm³/mol. The van der Waals surface area contributed by atoms with Crippen LogP contribution in [0, 0.1) is 11.3 Å². The molecular formula is C9H11BrN2S. The summed E-state index contributed by atoms with van der Waals surface area (Å²) in [6.07, 6.45) is 0. The highest BCUT2D eigenvalue weighted by atomic mass is 79.9. The third-order valence-corrected chi connectivity index (χ3v) is 3.07. The van der Waals surface area contributed by atoms with Gasteiger partial charge in [0.1, 0.15) is 6.04 Å². The van der Waals surface area contributed by atoms with Crippen molar-refractivity contribution in [3.05, 3.63) is 20.8 Å². The fourth-order valence-corrected chi connectivity index (χ4v) is 2.22. The first-order valence-electron chi connectivity index (χ1n) is 4.03. The van der Waals surface area contributed by atoms with E-state index in [1.807, 2.05) is 25.3 Å². The highest BCUT2D eigenvalue weighted by molar-refractivity contribution is 9.11. The molecule has 0 fully saturated rings. The van der Waals surface area contributed by atoms with E-state index in [-0.39, 0.29) is 6.04 Å². The molecule has 1 aromatic rings. The summed E-state index contributed by atoms with van der Waals surface area (Å²) in [5.41, 5.74) is 1.04. The third-order valence-electron chi connectivity index (χ3n) is 1.55. The summed E-state index contributed by atoms with van der Waals surface area (Å²) in [5, 5.41) is 14.1. The van der Waals surface area contributed by atoms with E-state index in [2.05, 4.69) is 27.3 Å². The molecule has 1 aromatic heterocycles. The van der Waals surface area contributed by atoms with Crippen molar-refractivity contribution in [1.82, 2.24) is 5.32 Å². The molecule has 1 heterocycles. The molecule has 0 saturated carbocycles. The Morgan fingerprint density at radius 2 is 2.31 bits per heavy atom. The van der Waals surface area contributed by atoms with Crippen molar-refractivity contribution in [2.45, 2.75) is 25.9 Å². The molecule has 0 radical (unpaired) electrons. The summed E-state index contributed by atoms with van der Waals surface area (Å²) >= 11 is 4.98. The van der Waals surface area contributed by atoms with Gasteiger partial charge in [0, 0.05) is 6.04 Å². The lowest BCUT2D eigenvalue weighted by molar-refractivity contribution is 0.547. The molecule has 1 atom stereocenters. The van der Waals surface area contributed by atoms with Gasteiger partial charge in [-0.05, 0) is 46.8 Å². The Labute approximate surface area is 90.7 Å². The molecule has 0 bridgehead atoms. The van der Waals surface area contributed by atoms with Crippen LogP contribution < -0.4 is 5.32 Å². The van der Waals surface area contributed by atoms with Crippen LogP contribution in [0.3, 0.4) is 0 Å². The Kier molecular flexibility index (Phi) is 3.91. The molecule has 0 aliphatic carbocycles. The summed E-state index contributed by atoms with van der Waals surface area (Å²) in [6, 6.07) is 4.35. The predicted octanol–water partition coefficient (Wildman–Crippen LogP) is 3.07. The lowest BCUT2D eigenvalue weighted by Crippen LogP contribution is -2.26. The lowest BCUT2D eigenvalue weighted by atomic mass is 10.1. The van der Waals surface area contributed by atoms with Crippen LogP contribution in [0.2, 0.25) is 0 Å². The second kappa shape index (κ2) is 4.75. The molecule has 13 heavy (non-hydrogen) atoms. The number of rotatable bonds is 3. The van der Waals surface area contributed by atoms with Crippen LogP contribution >= 0.6 is 27.3 Å². The highest BCUT2D eigenvalue weighted by Gasteiger charge is 2.12.